The van der Waals surface area contributed by atoms with Gasteiger partial charge in [-0.2, -0.15) is 0 Å². The van der Waals surface area contributed by atoms with E-state index < -0.39 is 6.04 Å². The van der Waals surface area contributed by atoms with Gasteiger partial charge in [0, 0.05) is 5.02 Å². The van der Waals surface area contributed by atoms with E-state index in [0.717, 1.165) is 5.56 Å². The number of hydrogen-bond donors (Lipinski definition) is 3. The molecule has 0 fully saturated rings. The van der Waals surface area contributed by atoms with Crippen LogP contribution in [0.1, 0.15) is 12.5 Å². The lowest BCUT2D eigenvalue weighted by Gasteiger charge is -2.12. The van der Waals surface area contributed by atoms with Gasteiger partial charge in [0.2, 0.25) is 5.91 Å². The van der Waals surface area contributed by atoms with Crippen LogP contribution in [0.25, 0.3) is 0 Å². The van der Waals surface area contributed by atoms with Crippen molar-refractivity contribution in [2.75, 3.05) is 0 Å². The second-order valence-electron chi connectivity index (χ2n) is 3.62. The maximum atomic E-state index is 11.6. The third-order valence-electron chi connectivity index (χ3n) is 2.19. The Kier molecular flexibility index (Phi) is 4.78. The fourth-order valence-corrected chi connectivity index (χ4v) is 1.50. The molecule has 0 radical (unpaired) electrons. The molecule has 6 heteroatoms. The molecule has 1 amide bonds. The van der Waals surface area contributed by atoms with Crippen molar-refractivity contribution in [2.24, 2.45) is 10.9 Å². The highest BCUT2D eigenvalue weighted by atomic mass is 35.5. The molecule has 1 atom stereocenters. The molecule has 0 aliphatic rings. The summed E-state index contributed by atoms with van der Waals surface area (Å²) in [5.74, 6) is -0.254. The maximum Gasteiger partial charge on any atom is 0.224 e. The zero-order chi connectivity index (χ0) is 12.8. The van der Waals surface area contributed by atoms with E-state index in [9.17, 15) is 4.79 Å². The Morgan fingerprint density at radius 1 is 1.65 bits per heavy atom. The first-order chi connectivity index (χ1) is 8.02. The highest BCUT2D eigenvalue weighted by Gasteiger charge is 2.11. The predicted octanol–water partition coefficient (Wildman–Crippen LogP) is 1.13. The van der Waals surface area contributed by atoms with Crippen LogP contribution in [0.5, 0.6) is 0 Å². The topological polar surface area (TPSA) is 87.7 Å². The molecule has 0 saturated heterocycles. The van der Waals surface area contributed by atoms with E-state index in [1.807, 2.05) is 0 Å². The lowest BCUT2D eigenvalue weighted by molar-refractivity contribution is -0.120. The molecule has 92 valence electrons. The Balaban J connectivity index is 2.56. The van der Waals surface area contributed by atoms with Gasteiger partial charge in [0.1, 0.15) is 0 Å². The number of carbonyl (C=O) groups is 1. The van der Waals surface area contributed by atoms with Crippen LogP contribution < -0.4 is 11.1 Å². The fraction of sp³-hybridized carbons (Fsp3) is 0.273. The van der Waals surface area contributed by atoms with Crippen molar-refractivity contribution < 1.29 is 10.0 Å². The van der Waals surface area contributed by atoms with E-state index in [2.05, 4.69) is 10.5 Å². The number of benzene rings is 1. The summed E-state index contributed by atoms with van der Waals surface area (Å²) in [6.07, 6.45) is 0.198. The smallest absolute Gasteiger partial charge is 0.224 e. The minimum atomic E-state index is -0.508. The number of nitrogens with two attached hydrogens (primary N) is 1. The average molecular weight is 256 g/mol. The number of halogens is 1. The zero-order valence-corrected chi connectivity index (χ0v) is 10.1. The second kappa shape index (κ2) is 6.10. The first kappa shape index (κ1) is 13.3. The number of oxime groups is 1. The number of amidine groups is 1. The molecule has 1 unspecified atom stereocenters. The summed E-state index contributed by atoms with van der Waals surface area (Å²) in [5.41, 5.74) is 6.15. The predicted molar refractivity (Wildman–Crippen MR) is 66.2 cm³/mol. The normalized spacial score (nSPS) is 13.2. The lowest BCUT2D eigenvalue weighted by Crippen LogP contribution is -2.43. The standard InChI is InChI=1S/C11H14ClN3O2/c1-7(11(13)15-17)14-10(16)6-8-3-2-4-9(12)5-8/h2-5,7,17H,6H2,1H3,(H2,13,15)(H,14,16). The summed E-state index contributed by atoms with van der Waals surface area (Å²) in [4.78, 5) is 11.6. The molecule has 0 aromatic heterocycles. The third-order valence-corrected chi connectivity index (χ3v) is 2.43. The molecule has 0 aliphatic carbocycles. The van der Waals surface area contributed by atoms with Crippen molar-refractivity contribution >= 4 is 23.3 Å². The molecule has 0 bridgehead atoms. The summed E-state index contributed by atoms with van der Waals surface area (Å²) in [5, 5.41) is 14.4. The monoisotopic (exact) mass is 255 g/mol. The van der Waals surface area contributed by atoms with Gasteiger partial charge in [-0.05, 0) is 24.6 Å². The maximum absolute atomic E-state index is 11.6. The van der Waals surface area contributed by atoms with Gasteiger partial charge in [0.15, 0.2) is 5.84 Å². The van der Waals surface area contributed by atoms with Gasteiger partial charge in [-0.15, -0.1) is 0 Å². The number of carbonyl (C=O) groups excluding carboxylic acids is 1. The largest absolute Gasteiger partial charge is 0.409 e. The molecule has 5 nitrogen and oxygen atoms in total. The molecule has 0 heterocycles. The molecule has 0 spiro atoms. The number of amides is 1. The van der Waals surface area contributed by atoms with E-state index in [4.69, 9.17) is 22.5 Å². The van der Waals surface area contributed by atoms with Crippen LogP contribution in [-0.4, -0.2) is 23.0 Å². The first-order valence-corrected chi connectivity index (χ1v) is 5.42. The van der Waals surface area contributed by atoms with Crippen LogP contribution in [0.2, 0.25) is 5.02 Å². The van der Waals surface area contributed by atoms with Gasteiger partial charge < -0.3 is 16.3 Å². The van der Waals surface area contributed by atoms with Gasteiger partial charge in [0.25, 0.3) is 0 Å². The Morgan fingerprint density at radius 3 is 2.94 bits per heavy atom. The molecule has 0 saturated carbocycles. The van der Waals surface area contributed by atoms with Gasteiger partial charge in [-0.3, -0.25) is 4.79 Å². The second-order valence-corrected chi connectivity index (χ2v) is 4.06. The number of hydrogen-bond acceptors (Lipinski definition) is 3. The summed E-state index contributed by atoms with van der Waals surface area (Å²) in [6, 6.07) is 6.53. The molecule has 17 heavy (non-hydrogen) atoms. The third kappa shape index (κ3) is 4.32. The van der Waals surface area contributed by atoms with E-state index >= 15 is 0 Å². The molecule has 4 N–H and O–H groups in total. The van der Waals surface area contributed by atoms with Gasteiger partial charge in [0.05, 0.1) is 12.5 Å². The van der Waals surface area contributed by atoms with Crippen LogP contribution in [0.4, 0.5) is 0 Å². The molecule has 1 rings (SSSR count). The van der Waals surface area contributed by atoms with Gasteiger partial charge in [-0.1, -0.05) is 28.9 Å². The fourth-order valence-electron chi connectivity index (χ4n) is 1.29. The summed E-state index contributed by atoms with van der Waals surface area (Å²) in [7, 11) is 0. The minimum absolute atomic E-state index is 0.0376. The Labute approximate surface area is 104 Å². The summed E-state index contributed by atoms with van der Waals surface area (Å²) < 4.78 is 0. The molecular formula is C11H14ClN3O2. The van der Waals surface area contributed by atoms with Crippen LogP contribution in [0.15, 0.2) is 29.4 Å². The molecular weight excluding hydrogens is 242 g/mol. The Morgan fingerprint density at radius 2 is 2.35 bits per heavy atom. The van der Waals surface area contributed by atoms with Crippen molar-refractivity contribution in [3.63, 3.8) is 0 Å². The highest BCUT2D eigenvalue weighted by molar-refractivity contribution is 6.30. The quantitative estimate of drug-likeness (QED) is 0.326. The van der Waals surface area contributed by atoms with E-state index in [-0.39, 0.29) is 18.2 Å². The number of nitrogens with zero attached hydrogens (tertiary/aromatic N) is 1. The van der Waals surface area contributed by atoms with Crippen molar-refractivity contribution in [3.8, 4) is 0 Å². The average Bonchev–Trinajstić information content (AvgIpc) is 2.27. The highest BCUT2D eigenvalue weighted by Crippen LogP contribution is 2.10. The zero-order valence-electron chi connectivity index (χ0n) is 9.35. The number of nitrogens with one attached hydrogen (secondary N) is 1. The lowest BCUT2D eigenvalue weighted by atomic mass is 10.1. The minimum Gasteiger partial charge on any atom is -0.409 e. The van der Waals surface area contributed by atoms with Crippen LogP contribution in [0.3, 0.4) is 0 Å². The van der Waals surface area contributed by atoms with E-state index in [1.165, 1.54) is 0 Å². The van der Waals surface area contributed by atoms with Crippen molar-refractivity contribution in [3.05, 3.63) is 34.9 Å². The Hall–Kier alpha value is -1.75. The summed E-state index contributed by atoms with van der Waals surface area (Å²) >= 11 is 5.80. The summed E-state index contributed by atoms with van der Waals surface area (Å²) in [6.45, 7) is 1.63. The van der Waals surface area contributed by atoms with Gasteiger partial charge >= 0.3 is 0 Å². The van der Waals surface area contributed by atoms with Crippen molar-refractivity contribution in [1.29, 1.82) is 0 Å². The molecule has 0 aliphatic heterocycles. The molecule has 1 aromatic rings. The van der Waals surface area contributed by atoms with Crippen molar-refractivity contribution in [2.45, 2.75) is 19.4 Å². The molecule has 1 aromatic carbocycles. The van der Waals surface area contributed by atoms with Gasteiger partial charge in [-0.25, -0.2) is 0 Å². The Bertz CT molecular complexity index is 434. The van der Waals surface area contributed by atoms with Crippen LogP contribution in [-0.2, 0) is 11.2 Å². The van der Waals surface area contributed by atoms with Crippen molar-refractivity contribution in [1.82, 2.24) is 5.32 Å². The van der Waals surface area contributed by atoms with E-state index in [0.29, 0.717) is 5.02 Å². The van der Waals surface area contributed by atoms with Crippen LogP contribution in [0, 0.1) is 0 Å². The first-order valence-electron chi connectivity index (χ1n) is 5.04. The number of rotatable bonds is 4. The van der Waals surface area contributed by atoms with Crippen LogP contribution >= 0.6 is 11.6 Å². The SMILES string of the molecule is CC(NC(=O)Cc1cccc(Cl)c1)C(N)=NO. The van der Waals surface area contributed by atoms with E-state index in [1.54, 1.807) is 31.2 Å².